The van der Waals surface area contributed by atoms with Crippen LogP contribution >= 0.6 is 0 Å². The molecule has 186 valence electrons. The smallest absolute Gasteiger partial charge is 0.338 e. The van der Waals surface area contributed by atoms with Crippen molar-refractivity contribution in [3.63, 3.8) is 0 Å². The maximum absolute atomic E-state index is 12.4. The van der Waals surface area contributed by atoms with Crippen LogP contribution in [0.2, 0.25) is 0 Å². The van der Waals surface area contributed by atoms with Gasteiger partial charge in [-0.05, 0) is 24.3 Å². The lowest BCUT2D eigenvalue weighted by atomic mass is 10.1. The molecule has 0 aromatic heterocycles. The second-order valence-electron chi connectivity index (χ2n) is 7.30. The number of benzene rings is 2. The highest BCUT2D eigenvalue weighted by molar-refractivity contribution is 5.89. The largest absolute Gasteiger partial charge is 0.458 e. The van der Waals surface area contributed by atoms with Gasteiger partial charge in [-0.3, -0.25) is 14.4 Å². The number of hydrogen-bond acceptors (Lipinski definition) is 10. The van der Waals surface area contributed by atoms with E-state index in [0.717, 1.165) is 20.8 Å². The van der Waals surface area contributed by atoms with Gasteiger partial charge in [0.2, 0.25) is 0 Å². The Hall–Kier alpha value is -4.21. The zero-order valence-corrected chi connectivity index (χ0v) is 19.5. The Morgan fingerprint density at radius 3 is 1.23 bits per heavy atom. The first-order valence-corrected chi connectivity index (χ1v) is 10.6. The summed E-state index contributed by atoms with van der Waals surface area (Å²) in [7, 11) is 0. The molecule has 0 spiro atoms. The van der Waals surface area contributed by atoms with Gasteiger partial charge >= 0.3 is 29.8 Å². The molecule has 0 N–H and O–H groups in total. The lowest BCUT2D eigenvalue weighted by Gasteiger charge is -2.31. The summed E-state index contributed by atoms with van der Waals surface area (Å²) in [5.41, 5.74) is 0.484. The molecule has 0 radical (unpaired) electrons. The zero-order valence-electron chi connectivity index (χ0n) is 19.5. The van der Waals surface area contributed by atoms with Crippen LogP contribution in [0.4, 0.5) is 0 Å². The quantitative estimate of drug-likeness (QED) is 0.345. The van der Waals surface area contributed by atoms with Gasteiger partial charge in [-0.15, -0.1) is 0 Å². The number of rotatable bonds is 11. The van der Waals surface area contributed by atoms with Gasteiger partial charge < -0.3 is 23.7 Å². The van der Waals surface area contributed by atoms with Crippen molar-refractivity contribution in [2.45, 2.75) is 39.1 Å². The van der Waals surface area contributed by atoms with E-state index in [0.29, 0.717) is 0 Å². The Morgan fingerprint density at radius 1 is 0.571 bits per heavy atom. The molecular weight excluding hydrogens is 460 g/mol. The molecule has 0 aliphatic carbocycles. The normalized spacial score (nSPS) is 12.9. The van der Waals surface area contributed by atoms with E-state index in [1.807, 2.05) is 0 Å². The van der Waals surface area contributed by atoms with Crippen LogP contribution in [0.15, 0.2) is 60.7 Å². The molecule has 2 aromatic rings. The monoisotopic (exact) mass is 486 g/mol. The van der Waals surface area contributed by atoms with E-state index >= 15 is 0 Å². The predicted molar refractivity (Wildman–Crippen MR) is 120 cm³/mol. The zero-order chi connectivity index (χ0) is 25.8. The minimum Gasteiger partial charge on any atom is -0.458 e. The summed E-state index contributed by atoms with van der Waals surface area (Å²) in [6.07, 6.45) is -4.19. The summed E-state index contributed by atoms with van der Waals surface area (Å²) in [6, 6.07) is 16.1. The highest BCUT2D eigenvalue weighted by Gasteiger charge is 2.39. The summed E-state index contributed by atoms with van der Waals surface area (Å²) < 4.78 is 26.2. The molecule has 35 heavy (non-hydrogen) atoms. The van der Waals surface area contributed by atoms with Crippen molar-refractivity contribution in [1.29, 1.82) is 0 Å². The lowest BCUT2D eigenvalue weighted by molar-refractivity contribution is -0.189. The Morgan fingerprint density at radius 2 is 0.914 bits per heavy atom. The molecule has 0 aliphatic heterocycles. The molecule has 3 atom stereocenters. The second kappa shape index (κ2) is 13.5. The van der Waals surface area contributed by atoms with E-state index in [-0.39, 0.29) is 11.1 Å². The minimum absolute atomic E-state index is 0.242. The van der Waals surface area contributed by atoms with E-state index in [1.54, 1.807) is 36.4 Å². The van der Waals surface area contributed by atoms with Crippen LogP contribution in [-0.4, -0.2) is 61.4 Å². The Kier molecular flexibility index (Phi) is 10.4. The van der Waals surface area contributed by atoms with Crippen LogP contribution in [0.3, 0.4) is 0 Å². The molecule has 0 bridgehead atoms. The van der Waals surface area contributed by atoms with Crippen molar-refractivity contribution in [1.82, 2.24) is 0 Å². The van der Waals surface area contributed by atoms with Gasteiger partial charge in [-0.25, -0.2) is 9.59 Å². The van der Waals surface area contributed by atoms with E-state index in [1.165, 1.54) is 24.3 Å². The Bertz CT molecular complexity index is 944. The van der Waals surface area contributed by atoms with Gasteiger partial charge in [0.15, 0.2) is 18.3 Å². The molecule has 10 heteroatoms. The molecule has 2 aromatic carbocycles. The third kappa shape index (κ3) is 9.28. The maximum Gasteiger partial charge on any atom is 0.338 e. The summed E-state index contributed by atoms with van der Waals surface area (Å²) in [4.78, 5) is 60.1. The van der Waals surface area contributed by atoms with Gasteiger partial charge in [0, 0.05) is 20.8 Å². The molecule has 0 amide bonds. The molecule has 0 saturated carbocycles. The van der Waals surface area contributed by atoms with Crippen molar-refractivity contribution in [2.24, 2.45) is 0 Å². The second-order valence-corrected chi connectivity index (χ2v) is 7.30. The molecule has 0 aliphatic rings. The summed E-state index contributed by atoms with van der Waals surface area (Å²) >= 11 is 0. The van der Waals surface area contributed by atoms with E-state index in [4.69, 9.17) is 23.7 Å². The van der Waals surface area contributed by atoms with Gasteiger partial charge in [-0.2, -0.15) is 0 Å². The van der Waals surface area contributed by atoms with Crippen LogP contribution in [0.5, 0.6) is 0 Å². The lowest BCUT2D eigenvalue weighted by Crippen LogP contribution is -2.49. The topological polar surface area (TPSA) is 132 Å². The average molecular weight is 486 g/mol. The first kappa shape index (κ1) is 27.0. The minimum atomic E-state index is -1.45. The van der Waals surface area contributed by atoms with E-state index in [9.17, 15) is 24.0 Å². The fourth-order valence-corrected chi connectivity index (χ4v) is 3.03. The SMILES string of the molecule is CC(=O)OC([C@H](COC(=O)c1ccccc1)OC(C)=O)[C@@H](COC(=O)c1ccccc1)OC(C)=O. The van der Waals surface area contributed by atoms with Crippen LogP contribution in [0.25, 0.3) is 0 Å². The van der Waals surface area contributed by atoms with Gasteiger partial charge in [0.1, 0.15) is 13.2 Å². The third-order valence-corrected chi connectivity index (χ3v) is 4.45. The van der Waals surface area contributed by atoms with Crippen LogP contribution < -0.4 is 0 Å². The van der Waals surface area contributed by atoms with E-state index in [2.05, 4.69) is 0 Å². The van der Waals surface area contributed by atoms with Crippen molar-refractivity contribution >= 4 is 29.8 Å². The number of hydrogen-bond donors (Lipinski definition) is 0. The number of esters is 5. The highest BCUT2D eigenvalue weighted by atomic mass is 16.6. The fraction of sp³-hybridized carbons (Fsp3) is 0.320. The molecule has 2 rings (SSSR count). The average Bonchev–Trinajstić information content (AvgIpc) is 2.83. The maximum atomic E-state index is 12.4. The summed E-state index contributed by atoms with van der Waals surface area (Å²) in [5.74, 6) is -3.78. The van der Waals surface area contributed by atoms with Crippen molar-refractivity contribution in [3.8, 4) is 0 Å². The van der Waals surface area contributed by atoms with Crippen molar-refractivity contribution in [3.05, 3.63) is 71.8 Å². The molecule has 1 unspecified atom stereocenters. The number of carbonyl (C=O) groups is 5. The van der Waals surface area contributed by atoms with Gasteiger partial charge in [0.05, 0.1) is 11.1 Å². The van der Waals surface area contributed by atoms with Crippen LogP contribution in [-0.2, 0) is 38.1 Å². The number of ether oxygens (including phenoxy) is 5. The summed E-state index contributed by atoms with van der Waals surface area (Å²) in [5, 5.41) is 0. The molecule has 0 saturated heterocycles. The molecule has 0 heterocycles. The third-order valence-electron chi connectivity index (χ3n) is 4.45. The fourth-order valence-electron chi connectivity index (χ4n) is 3.03. The van der Waals surface area contributed by atoms with Crippen LogP contribution in [0.1, 0.15) is 41.5 Å². The Labute approximate surface area is 202 Å². The molecular formula is C25H26O10. The van der Waals surface area contributed by atoms with E-state index < -0.39 is 61.4 Å². The van der Waals surface area contributed by atoms with Crippen molar-refractivity contribution in [2.75, 3.05) is 13.2 Å². The highest BCUT2D eigenvalue weighted by Crippen LogP contribution is 2.17. The molecule has 0 fully saturated rings. The Balaban J connectivity index is 2.25. The standard InChI is InChI=1S/C25H26O10/c1-16(26)33-21(14-31-24(29)19-10-6-4-7-11-19)23(35-18(3)28)22(34-17(2)27)15-32-25(30)20-12-8-5-9-13-20/h4-13,21-23H,14-15H2,1-3H3/t21-,22+,23?. The van der Waals surface area contributed by atoms with Crippen molar-refractivity contribution < 1.29 is 47.7 Å². The summed E-state index contributed by atoms with van der Waals surface area (Å²) in [6.45, 7) is 2.24. The van der Waals surface area contributed by atoms with Gasteiger partial charge in [-0.1, -0.05) is 36.4 Å². The predicted octanol–water partition coefficient (Wildman–Crippen LogP) is 2.50. The number of carbonyl (C=O) groups excluding carboxylic acids is 5. The first-order valence-electron chi connectivity index (χ1n) is 10.6. The van der Waals surface area contributed by atoms with Crippen LogP contribution in [0, 0.1) is 0 Å². The van der Waals surface area contributed by atoms with Gasteiger partial charge in [0.25, 0.3) is 0 Å². The molecule has 10 nitrogen and oxygen atoms in total. The first-order chi connectivity index (χ1) is 16.7.